The van der Waals surface area contributed by atoms with Crippen molar-refractivity contribution in [1.29, 1.82) is 0 Å². The van der Waals surface area contributed by atoms with Gasteiger partial charge in [-0.15, -0.1) is 0 Å². The molecule has 3 rings (SSSR count). The quantitative estimate of drug-likeness (QED) is 0.822. The lowest BCUT2D eigenvalue weighted by atomic mass is 10.1. The van der Waals surface area contributed by atoms with E-state index in [1.54, 1.807) is 15.9 Å². The standard InChI is InChI=1S/C19H17F3N2O3/c20-15-3-1-2-14(12-15)18(26)24-10-8-23(9-11-24)17(25)13-4-6-16(7-5-13)27-19(21)22/h1-7,12,19H,8-11H2. The van der Waals surface area contributed by atoms with Crippen molar-refractivity contribution in [2.24, 2.45) is 0 Å². The van der Waals surface area contributed by atoms with Gasteiger partial charge >= 0.3 is 6.61 Å². The van der Waals surface area contributed by atoms with Gasteiger partial charge in [-0.2, -0.15) is 8.78 Å². The van der Waals surface area contributed by atoms with Crippen LogP contribution < -0.4 is 4.74 Å². The van der Waals surface area contributed by atoms with Crippen LogP contribution in [0.15, 0.2) is 48.5 Å². The molecule has 1 aliphatic rings. The molecular weight excluding hydrogens is 361 g/mol. The second-order valence-electron chi connectivity index (χ2n) is 6.00. The lowest BCUT2D eigenvalue weighted by Crippen LogP contribution is -2.50. The highest BCUT2D eigenvalue weighted by molar-refractivity contribution is 5.96. The molecule has 0 aromatic heterocycles. The second kappa shape index (κ2) is 8.11. The maximum atomic E-state index is 13.3. The molecule has 1 saturated heterocycles. The first-order chi connectivity index (χ1) is 12.9. The van der Waals surface area contributed by atoms with Gasteiger partial charge in [0.15, 0.2) is 0 Å². The number of benzene rings is 2. The predicted octanol–water partition coefficient (Wildman–Crippen LogP) is 3.03. The molecule has 0 saturated carbocycles. The molecule has 1 heterocycles. The zero-order chi connectivity index (χ0) is 19.4. The van der Waals surface area contributed by atoms with Crippen LogP contribution in [0.4, 0.5) is 13.2 Å². The summed E-state index contributed by atoms with van der Waals surface area (Å²) >= 11 is 0. The van der Waals surface area contributed by atoms with Crippen molar-refractivity contribution in [3.63, 3.8) is 0 Å². The van der Waals surface area contributed by atoms with E-state index in [0.717, 1.165) is 0 Å². The Kier molecular flexibility index (Phi) is 5.63. The fourth-order valence-electron chi connectivity index (χ4n) is 2.88. The van der Waals surface area contributed by atoms with Gasteiger partial charge in [0.2, 0.25) is 0 Å². The van der Waals surface area contributed by atoms with Crippen molar-refractivity contribution in [1.82, 2.24) is 9.80 Å². The Morgan fingerprint density at radius 2 is 1.41 bits per heavy atom. The summed E-state index contributed by atoms with van der Waals surface area (Å²) in [4.78, 5) is 28.1. The molecule has 2 aromatic rings. The Morgan fingerprint density at radius 3 is 1.93 bits per heavy atom. The van der Waals surface area contributed by atoms with Crippen molar-refractivity contribution < 1.29 is 27.5 Å². The number of rotatable bonds is 4. The van der Waals surface area contributed by atoms with E-state index < -0.39 is 12.4 Å². The topological polar surface area (TPSA) is 49.9 Å². The maximum absolute atomic E-state index is 13.3. The lowest BCUT2D eigenvalue weighted by Gasteiger charge is -2.35. The number of alkyl halides is 2. The van der Waals surface area contributed by atoms with E-state index >= 15 is 0 Å². The van der Waals surface area contributed by atoms with Gasteiger partial charge in [-0.25, -0.2) is 4.39 Å². The molecule has 27 heavy (non-hydrogen) atoms. The van der Waals surface area contributed by atoms with Crippen LogP contribution in [0.2, 0.25) is 0 Å². The SMILES string of the molecule is O=C(c1ccc(OC(F)F)cc1)N1CCN(C(=O)c2cccc(F)c2)CC1. The average molecular weight is 378 g/mol. The number of carbonyl (C=O) groups excluding carboxylic acids is 2. The van der Waals surface area contributed by atoms with E-state index in [1.807, 2.05) is 0 Å². The van der Waals surface area contributed by atoms with Crippen LogP contribution in [0.3, 0.4) is 0 Å². The lowest BCUT2D eigenvalue weighted by molar-refractivity contribution is -0.0498. The summed E-state index contributed by atoms with van der Waals surface area (Å²) in [5.74, 6) is -1.03. The Hall–Kier alpha value is -3.03. The van der Waals surface area contributed by atoms with Gasteiger partial charge in [-0.3, -0.25) is 9.59 Å². The summed E-state index contributed by atoms with van der Waals surface area (Å²) in [6.45, 7) is -1.61. The van der Waals surface area contributed by atoms with Crippen molar-refractivity contribution >= 4 is 11.8 Å². The van der Waals surface area contributed by atoms with Crippen molar-refractivity contribution in [2.45, 2.75) is 6.61 Å². The molecule has 0 radical (unpaired) electrons. The molecule has 0 atom stereocenters. The molecule has 0 unspecified atom stereocenters. The van der Waals surface area contributed by atoms with Crippen LogP contribution in [0.25, 0.3) is 0 Å². The molecule has 2 aromatic carbocycles. The van der Waals surface area contributed by atoms with E-state index in [1.165, 1.54) is 42.5 Å². The molecule has 1 fully saturated rings. The zero-order valence-corrected chi connectivity index (χ0v) is 14.3. The third-order valence-electron chi connectivity index (χ3n) is 4.25. The van der Waals surface area contributed by atoms with Crippen molar-refractivity contribution in [3.05, 3.63) is 65.5 Å². The normalized spacial score (nSPS) is 14.4. The average Bonchev–Trinajstić information content (AvgIpc) is 2.67. The van der Waals surface area contributed by atoms with E-state index in [-0.39, 0.29) is 23.1 Å². The van der Waals surface area contributed by atoms with E-state index in [2.05, 4.69) is 4.74 Å². The summed E-state index contributed by atoms with van der Waals surface area (Å²) in [7, 11) is 0. The van der Waals surface area contributed by atoms with Crippen LogP contribution in [0.1, 0.15) is 20.7 Å². The van der Waals surface area contributed by atoms with Crippen molar-refractivity contribution in [2.75, 3.05) is 26.2 Å². The Balaban J connectivity index is 1.58. The predicted molar refractivity (Wildman–Crippen MR) is 91.3 cm³/mol. The summed E-state index contributed by atoms with van der Waals surface area (Å²) < 4.78 is 41.9. The second-order valence-corrected chi connectivity index (χ2v) is 6.00. The molecule has 142 valence electrons. The van der Waals surface area contributed by atoms with Gasteiger partial charge in [-0.05, 0) is 42.5 Å². The van der Waals surface area contributed by atoms with Gasteiger partial charge in [0.1, 0.15) is 11.6 Å². The van der Waals surface area contributed by atoms with Gasteiger partial charge in [-0.1, -0.05) is 6.07 Å². The molecule has 2 amide bonds. The van der Waals surface area contributed by atoms with E-state index in [0.29, 0.717) is 31.7 Å². The highest BCUT2D eigenvalue weighted by Gasteiger charge is 2.25. The molecule has 0 N–H and O–H groups in total. The number of ether oxygens (including phenoxy) is 1. The number of amides is 2. The Bertz CT molecular complexity index is 819. The minimum atomic E-state index is -2.92. The number of carbonyl (C=O) groups is 2. The molecule has 0 bridgehead atoms. The number of piperazine rings is 1. The summed E-state index contributed by atoms with van der Waals surface area (Å²) in [5, 5.41) is 0. The zero-order valence-electron chi connectivity index (χ0n) is 14.3. The first-order valence-corrected chi connectivity index (χ1v) is 8.33. The highest BCUT2D eigenvalue weighted by atomic mass is 19.3. The van der Waals surface area contributed by atoms with Gasteiger partial charge in [0.05, 0.1) is 0 Å². The first-order valence-electron chi connectivity index (χ1n) is 8.33. The highest BCUT2D eigenvalue weighted by Crippen LogP contribution is 2.17. The van der Waals surface area contributed by atoms with Crippen LogP contribution in [0, 0.1) is 5.82 Å². The maximum Gasteiger partial charge on any atom is 0.387 e. The fraction of sp³-hybridized carbons (Fsp3) is 0.263. The minimum Gasteiger partial charge on any atom is -0.435 e. The Morgan fingerprint density at radius 1 is 0.852 bits per heavy atom. The summed E-state index contributed by atoms with van der Waals surface area (Å²) in [6.07, 6.45) is 0. The molecule has 0 spiro atoms. The largest absolute Gasteiger partial charge is 0.435 e. The molecule has 5 nitrogen and oxygen atoms in total. The van der Waals surface area contributed by atoms with Crippen molar-refractivity contribution in [3.8, 4) is 5.75 Å². The summed E-state index contributed by atoms with van der Waals surface area (Å²) in [5.41, 5.74) is 0.617. The third-order valence-corrected chi connectivity index (χ3v) is 4.25. The van der Waals surface area contributed by atoms with E-state index in [4.69, 9.17) is 0 Å². The third kappa shape index (κ3) is 4.58. The smallest absolute Gasteiger partial charge is 0.387 e. The van der Waals surface area contributed by atoms with Crippen LogP contribution in [-0.4, -0.2) is 54.4 Å². The van der Waals surface area contributed by atoms with Gasteiger partial charge < -0.3 is 14.5 Å². The number of hydrogen-bond donors (Lipinski definition) is 0. The van der Waals surface area contributed by atoms with Crippen LogP contribution in [0.5, 0.6) is 5.75 Å². The summed E-state index contributed by atoms with van der Waals surface area (Å²) in [6, 6.07) is 10.9. The number of hydrogen-bond acceptors (Lipinski definition) is 3. The number of halogens is 3. The van der Waals surface area contributed by atoms with Crippen LogP contribution >= 0.6 is 0 Å². The molecule has 0 aliphatic carbocycles. The monoisotopic (exact) mass is 378 g/mol. The van der Waals surface area contributed by atoms with Gasteiger partial charge in [0.25, 0.3) is 11.8 Å². The Labute approximate surface area is 153 Å². The molecule has 8 heteroatoms. The van der Waals surface area contributed by atoms with Gasteiger partial charge in [0, 0.05) is 37.3 Å². The van der Waals surface area contributed by atoms with E-state index in [9.17, 15) is 22.8 Å². The number of nitrogens with zero attached hydrogens (tertiary/aromatic N) is 2. The first kappa shape index (κ1) is 18.8. The van der Waals surface area contributed by atoms with Crippen LogP contribution in [-0.2, 0) is 0 Å². The molecular formula is C19H17F3N2O3. The minimum absolute atomic E-state index is 0.0212. The fourth-order valence-corrected chi connectivity index (χ4v) is 2.88. The molecule has 1 aliphatic heterocycles.